The number of hydrogen-bond acceptors (Lipinski definition) is 3. The molecule has 5 heteroatoms. The molecule has 0 N–H and O–H groups in total. The van der Waals surface area contributed by atoms with Crippen LogP contribution in [0.2, 0.25) is 0 Å². The van der Waals surface area contributed by atoms with E-state index in [9.17, 15) is 0 Å². The molecule has 92 valence electrons. The van der Waals surface area contributed by atoms with Crippen molar-refractivity contribution in [1.29, 1.82) is 0 Å². The topological polar surface area (TPSA) is 43.6 Å². The number of aromatic nitrogens is 4. The molecule has 0 unspecified atom stereocenters. The maximum atomic E-state index is 5.95. The van der Waals surface area contributed by atoms with E-state index in [1.807, 2.05) is 0 Å². The molecule has 0 amide bonds. The fourth-order valence-corrected chi connectivity index (χ4v) is 5.15. The lowest BCUT2D eigenvalue weighted by atomic mass is 9.53. The number of rotatable bonds is 2. The molecule has 4 saturated carbocycles. The summed E-state index contributed by atoms with van der Waals surface area (Å²) in [6.45, 7) is 0. The van der Waals surface area contributed by atoms with E-state index >= 15 is 0 Å². The summed E-state index contributed by atoms with van der Waals surface area (Å²) >= 11 is 5.95. The fourth-order valence-electron chi connectivity index (χ4n) is 4.98. The van der Waals surface area contributed by atoms with E-state index < -0.39 is 0 Å². The second-order valence-corrected chi connectivity index (χ2v) is 6.55. The van der Waals surface area contributed by atoms with Crippen LogP contribution in [0.1, 0.15) is 44.3 Å². The Balaban J connectivity index is 1.77. The molecule has 0 aromatic carbocycles. The van der Waals surface area contributed by atoms with Gasteiger partial charge in [-0.1, -0.05) is 0 Å². The maximum absolute atomic E-state index is 5.95. The smallest absolute Gasteiger partial charge is 0.166 e. The summed E-state index contributed by atoms with van der Waals surface area (Å²) in [5.74, 6) is 4.01. The molecule has 1 aromatic heterocycles. The van der Waals surface area contributed by atoms with Crippen LogP contribution in [0.3, 0.4) is 0 Å². The van der Waals surface area contributed by atoms with Gasteiger partial charge in [0.1, 0.15) is 0 Å². The second kappa shape index (κ2) is 3.44. The van der Waals surface area contributed by atoms with Crippen LogP contribution in [0.5, 0.6) is 0 Å². The molecule has 0 saturated heterocycles. The molecule has 4 aliphatic carbocycles. The van der Waals surface area contributed by atoms with Crippen LogP contribution >= 0.6 is 11.6 Å². The monoisotopic (exact) mass is 252 g/mol. The van der Waals surface area contributed by atoms with Crippen molar-refractivity contribution in [2.45, 2.75) is 49.9 Å². The SMILES string of the molecule is ClCc1nnnn1C12CC3CC(CC(C3)C1)C2. The normalized spacial score (nSPS) is 43.2. The Morgan fingerprint density at radius 3 is 2.24 bits per heavy atom. The first-order valence-corrected chi connectivity index (χ1v) is 7.16. The molecule has 4 aliphatic rings. The number of alkyl halides is 1. The van der Waals surface area contributed by atoms with Gasteiger partial charge in [0.25, 0.3) is 0 Å². The van der Waals surface area contributed by atoms with Crippen molar-refractivity contribution in [2.24, 2.45) is 17.8 Å². The molecule has 4 nitrogen and oxygen atoms in total. The van der Waals surface area contributed by atoms with Crippen LogP contribution in [-0.4, -0.2) is 20.2 Å². The van der Waals surface area contributed by atoms with Crippen molar-refractivity contribution in [3.63, 3.8) is 0 Å². The highest BCUT2D eigenvalue weighted by Crippen LogP contribution is 2.58. The number of hydrogen-bond donors (Lipinski definition) is 0. The van der Waals surface area contributed by atoms with Gasteiger partial charge in [-0.05, 0) is 66.7 Å². The summed E-state index contributed by atoms with van der Waals surface area (Å²) in [5.41, 5.74) is 0.211. The van der Waals surface area contributed by atoms with Gasteiger partial charge in [-0.3, -0.25) is 0 Å². The highest BCUT2D eigenvalue weighted by molar-refractivity contribution is 6.16. The Labute approximate surface area is 106 Å². The fraction of sp³-hybridized carbons (Fsp3) is 0.917. The number of halogens is 1. The van der Waals surface area contributed by atoms with Crippen LogP contribution in [0.25, 0.3) is 0 Å². The molecular weight excluding hydrogens is 236 g/mol. The van der Waals surface area contributed by atoms with Gasteiger partial charge in [-0.25, -0.2) is 4.68 Å². The zero-order chi connectivity index (χ0) is 11.5. The largest absolute Gasteiger partial charge is 0.222 e. The van der Waals surface area contributed by atoms with E-state index in [4.69, 9.17) is 11.6 Å². The van der Waals surface area contributed by atoms with E-state index in [1.165, 1.54) is 38.5 Å². The van der Waals surface area contributed by atoms with Gasteiger partial charge in [-0.2, -0.15) is 0 Å². The zero-order valence-electron chi connectivity index (χ0n) is 9.85. The minimum absolute atomic E-state index is 0.211. The van der Waals surface area contributed by atoms with Crippen molar-refractivity contribution >= 4 is 11.6 Å². The van der Waals surface area contributed by atoms with Crippen molar-refractivity contribution in [3.8, 4) is 0 Å². The predicted octanol–water partition coefficient (Wildman–Crippen LogP) is 2.34. The van der Waals surface area contributed by atoms with Crippen LogP contribution < -0.4 is 0 Å². The Kier molecular flexibility index (Phi) is 2.08. The van der Waals surface area contributed by atoms with Crippen LogP contribution in [0.15, 0.2) is 0 Å². The predicted molar refractivity (Wildman–Crippen MR) is 63.5 cm³/mol. The average Bonchev–Trinajstić information content (AvgIpc) is 2.75. The molecule has 0 atom stereocenters. The highest BCUT2D eigenvalue weighted by Gasteiger charge is 2.53. The quantitative estimate of drug-likeness (QED) is 0.759. The third-order valence-corrected chi connectivity index (χ3v) is 5.35. The first-order chi connectivity index (χ1) is 8.29. The van der Waals surface area contributed by atoms with Gasteiger partial charge in [0.05, 0.1) is 11.4 Å². The third-order valence-electron chi connectivity index (χ3n) is 5.11. The first kappa shape index (κ1) is 10.3. The first-order valence-electron chi connectivity index (χ1n) is 6.63. The van der Waals surface area contributed by atoms with Gasteiger partial charge in [0.2, 0.25) is 0 Å². The van der Waals surface area contributed by atoms with Crippen molar-refractivity contribution < 1.29 is 0 Å². The average molecular weight is 253 g/mol. The third kappa shape index (κ3) is 1.39. The van der Waals surface area contributed by atoms with Gasteiger partial charge < -0.3 is 0 Å². The van der Waals surface area contributed by atoms with Crippen molar-refractivity contribution in [1.82, 2.24) is 20.2 Å². The maximum Gasteiger partial charge on any atom is 0.166 e. The van der Waals surface area contributed by atoms with Gasteiger partial charge in [-0.15, -0.1) is 16.7 Å². The number of tetrazole rings is 1. The minimum atomic E-state index is 0.211. The Morgan fingerprint density at radius 2 is 1.71 bits per heavy atom. The molecule has 17 heavy (non-hydrogen) atoms. The Bertz CT molecular complexity index is 406. The van der Waals surface area contributed by atoms with E-state index in [-0.39, 0.29) is 5.54 Å². The van der Waals surface area contributed by atoms with Gasteiger partial charge >= 0.3 is 0 Å². The molecule has 4 bridgehead atoms. The lowest BCUT2D eigenvalue weighted by molar-refractivity contribution is -0.0514. The van der Waals surface area contributed by atoms with E-state index in [0.717, 1.165) is 23.6 Å². The van der Waals surface area contributed by atoms with E-state index in [1.54, 1.807) is 0 Å². The van der Waals surface area contributed by atoms with Crippen molar-refractivity contribution in [3.05, 3.63) is 5.82 Å². The summed E-state index contributed by atoms with van der Waals surface area (Å²) in [7, 11) is 0. The molecule has 1 heterocycles. The summed E-state index contributed by atoms with van der Waals surface area (Å²) in [6.07, 6.45) is 8.14. The second-order valence-electron chi connectivity index (χ2n) is 6.28. The standard InChI is InChI=1S/C12H17ClN4/c13-7-11-14-15-16-17(11)12-4-8-1-9(5-12)3-10(2-8)6-12/h8-10H,1-7H2. The summed E-state index contributed by atoms with van der Waals surface area (Å²) in [4.78, 5) is 0. The minimum Gasteiger partial charge on any atom is -0.222 e. The molecule has 0 radical (unpaired) electrons. The van der Waals surface area contributed by atoms with Crippen LogP contribution in [0, 0.1) is 17.8 Å². The van der Waals surface area contributed by atoms with E-state index in [0.29, 0.717) is 5.88 Å². The zero-order valence-corrected chi connectivity index (χ0v) is 10.6. The van der Waals surface area contributed by atoms with Crippen LogP contribution in [-0.2, 0) is 11.4 Å². The lowest BCUT2D eigenvalue weighted by Gasteiger charge is -2.56. The summed E-state index contributed by atoms with van der Waals surface area (Å²) in [5, 5.41) is 12.1. The number of nitrogens with zero attached hydrogens (tertiary/aromatic N) is 4. The van der Waals surface area contributed by atoms with Crippen LogP contribution in [0.4, 0.5) is 0 Å². The molecular formula is C12H17ClN4. The van der Waals surface area contributed by atoms with Crippen molar-refractivity contribution in [2.75, 3.05) is 0 Å². The highest BCUT2D eigenvalue weighted by atomic mass is 35.5. The van der Waals surface area contributed by atoms with Gasteiger partial charge in [0, 0.05) is 0 Å². The molecule has 0 aliphatic heterocycles. The summed E-state index contributed by atoms with van der Waals surface area (Å²) < 4.78 is 2.07. The molecule has 4 fully saturated rings. The lowest BCUT2D eigenvalue weighted by Crippen LogP contribution is -2.52. The Morgan fingerprint density at radius 1 is 1.12 bits per heavy atom. The Hall–Kier alpha value is -0.640. The molecule has 5 rings (SSSR count). The molecule has 1 aromatic rings. The van der Waals surface area contributed by atoms with E-state index in [2.05, 4.69) is 20.2 Å². The summed E-state index contributed by atoms with van der Waals surface area (Å²) in [6, 6.07) is 0. The van der Waals surface area contributed by atoms with Gasteiger partial charge in [0.15, 0.2) is 5.82 Å². The molecule has 0 spiro atoms.